The number of hydrogen-bond donors (Lipinski definition) is 1. The van der Waals surface area contributed by atoms with Crippen LogP contribution in [0.3, 0.4) is 0 Å². The summed E-state index contributed by atoms with van der Waals surface area (Å²) in [6, 6.07) is 7.80. The lowest BCUT2D eigenvalue weighted by molar-refractivity contribution is -0.384. The Bertz CT molecular complexity index is 1190. The van der Waals surface area contributed by atoms with E-state index in [0.29, 0.717) is 32.0 Å². The first-order valence-electron chi connectivity index (χ1n) is 10.3. The van der Waals surface area contributed by atoms with E-state index >= 15 is 0 Å². The third-order valence-electron chi connectivity index (χ3n) is 5.43. The number of nitrogens with one attached hydrogen (secondary N) is 1. The lowest BCUT2D eigenvalue weighted by atomic mass is 10.0. The summed E-state index contributed by atoms with van der Waals surface area (Å²) in [7, 11) is 0. The Morgan fingerprint density at radius 3 is 2.59 bits per heavy atom. The Kier molecular flexibility index (Phi) is 6.50. The number of anilines is 1. The summed E-state index contributed by atoms with van der Waals surface area (Å²) in [6.07, 6.45) is -0.275. The molecule has 9 nitrogen and oxygen atoms in total. The number of amides is 1. The van der Waals surface area contributed by atoms with Gasteiger partial charge in [0, 0.05) is 49.3 Å². The summed E-state index contributed by atoms with van der Waals surface area (Å²) < 4.78 is 47.8. The largest absolute Gasteiger partial charge is 0.416 e. The topological polar surface area (TPSA) is 103 Å². The summed E-state index contributed by atoms with van der Waals surface area (Å²) in [5, 5.41) is 13.9. The maximum Gasteiger partial charge on any atom is 0.416 e. The molecule has 0 radical (unpaired) electrons. The van der Waals surface area contributed by atoms with Crippen molar-refractivity contribution >= 4 is 17.3 Å². The van der Waals surface area contributed by atoms with Crippen molar-refractivity contribution in [2.75, 3.05) is 31.2 Å². The summed E-state index contributed by atoms with van der Waals surface area (Å²) in [6.45, 7) is 1.45. The number of rotatable bonds is 6. The molecule has 1 aromatic heterocycles. The van der Waals surface area contributed by atoms with Crippen molar-refractivity contribution in [1.82, 2.24) is 14.9 Å². The minimum Gasteiger partial charge on any atom is -0.378 e. The van der Waals surface area contributed by atoms with Gasteiger partial charge in [-0.25, -0.2) is 4.98 Å². The van der Waals surface area contributed by atoms with Crippen LogP contribution in [0.5, 0.6) is 0 Å². The molecule has 1 aliphatic heterocycles. The Morgan fingerprint density at radius 2 is 1.94 bits per heavy atom. The van der Waals surface area contributed by atoms with Crippen molar-refractivity contribution in [2.45, 2.75) is 12.7 Å². The molecule has 1 saturated heterocycles. The van der Waals surface area contributed by atoms with Gasteiger partial charge in [-0.05, 0) is 29.8 Å². The van der Waals surface area contributed by atoms with E-state index in [9.17, 15) is 28.1 Å². The number of hydrogen-bond acceptors (Lipinski definition) is 6. The Morgan fingerprint density at radius 1 is 1.18 bits per heavy atom. The minimum absolute atomic E-state index is 0.0472. The van der Waals surface area contributed by atoms with Crippen LogP contribution in [-0.4, -0.2) is 46.7 Å². The normalized spacial score (nSPS) is 14.1. The van der Waals surface area contributed by atoms with Gasteiger partial charge in [0.05, 0.1) is 30.0 Å². The van der Waals surface area contributed by atoms with Crippen LogP contribution in [0.2, 0.25) is 0 Å². The molecule has 1 amide bonds. The third-order valence-corrected chi connectivity index (χ3v) is 5.43. The highest BCUT2D eigenvalue weighted by Crippen LogP contribution is 2.35. The number of imidazole rings is 1. The van der Waals surface area contributed by atoms with Crippen molar-refractivity contribution in [3.05, 3.63) is 81.9 Å². The maximum absolute atomic E-state index is 13.7. The average Bonchev–Trinajstić information content (AvgIpc) is 3.37. The number of nitrogens with zero attached hydrogens (tertiary/aromatic N) is 4. The molecular formula is C22H20F3N5O4. The molecule has 0 spiro atoms. The second-order valence-corrected chi connectivity index (χ2v) is 7.55. The second-order valence-electron chi connectivity index (χ2n) is 7.55. The first kappa shape index (κ1) is 23.2. The van der Waals surface area contributed by atoms with Crippen molar-refractivity contribution < 1.29 is 27.6 Å². The van der Waals surface area contributed by atoms with Gasteiger partial charge >= 0.3 is 6.18 Å². The molecule has 1 N–H and O–H groups in total. The summed E-state index contributed by atoms with van der Waals surface area (Å²) >= 11 is 0. The molecule has 0 bridgehead atoms. The summed E-state index contributed by atoms with van der Waals surface area (Å²) in [4.78, 5) is 29.1. The molecule has 1 aliphatic rings. The Labute approximate surface area is 191 Å². The average molecular weight is 475 g/mol. The van der Waals surface area contributed by atoms with Gasteiger partial charge in [-0.3, -0.25) is 14.9 Å². The fourth-order valence-corrected chi connectivity index (χ4v) is 3.71. The van der Waals surface area contributed by atoms with Crippen LogP contribution in [0.1, 0.15) is 21.5 Å². The van der Waals surface area contributed by atoms with E-state index in [2.05, 4.69) is 10.3 Å². The number of morpholine rings is 1. The molecule has 1 fully saturated rings. The zero-order valence-corrected chi connectivity index (χ0v) is 17.8. The molecule has 3 aromatic rings. The number of benzene rings is 2. The van der Waals surface area contributed by atoms with E-state index in [1.54, 1.807) is 6.07 Å². The molecular weight excluding hydrogens is 455 g/mol. The van der Waals surface area contributed by atoms with Gasteiger partial charge in [0.1, 0.15) is 5.69 Å². The van der Waals surface area contributed by atoms with Crippen molar-refractivity contribution in [3.63, 3.8) is 0 Å². The highest BCUT2D eigenvalue weighted by Gasteiger charge is 2.34. The molecule has 178 valence electrons. The number of halogens is 3. The van der Waals surface area contributed by atoms with Crippen LogP contribution in [0.4, 0.5) is 24.5 Å². The summed E-state index contributed by atoms with van der Waals surface area (Å²) in [5.41, 5.74) is -0.709. The van der Waals surface area contributed by atoms with E-state index < -0.39 is 29.1 Å². The van der Waals surface area contributed by atoms with Crippen LogP contribution in [-0.2, 0) is 17.5 Å². The van der Waals surface area contributed by atoms with Gasteiger partial charge in [-0.2, -0.15) is 13.2 Å². The van der Waals surface area contributed by atoms with Gasteiger partial charge in [-0.1, -0.05) is 6.07 Å². The molecule has 12 heteroatoms. The molecule has 0 aliphatic carbocycles. The van der Waals surface area contributed by atoms with Gasteiger partial charge in [0.25, 0.3) is 11.6 Å². The van der Waals surface area contributed by atoms with Gasteiger partial charge in [0.2, 0.25) is 0 Å². The summed E-state index contributed by atoms with van der Waals surface area (Å²) in [5.74, 6) is -0.731. The lowest BCUT2D eigenvalue weighted by Crippen LogP contribution is -2.36. The van der Waals surface area contributed by atoms with Crippen LogP contribution in [0, 0.1) is 10.1 Å². The molecule has 34 heavy (non-hydrogen) atoms. The molecule has 4 rings (SSSR count). The van der Waals surface area contributed by atoms with E-state index in [-0.39, 0.29) is 22.5 Å². The van der Waals surface area contributed by atoms with Crippen molar-refractivity contribution in [1.29, 1.82) is 0 Å². The number of carbonyl (C=O) groups excluding carboxylic acids is 1. The molecule has 0 unspecified atom stereocenters. The molecule has 2 heterocycles. The van der Waals surface area contributed by atoms with Crippen molar-refractivity contribution in [3.8, 4) is 5.69 Å². The SMILES string of the molecule is O=C(NCc1ccc(N2CCOCC2)cc1C(F)(F)F)c1ccc(-n2ccnc2)c([N+](=O)[O-])c1. The van der Waals surface area contributed by atoms with Crippen LogP contribution < -0.4 is 10.2 Å². The monoisotopic (exact) mass is 475 g/mol. The zero-order valence-electron chi connectivity index (χ0n) is 17.8. The fourth-order valence-electron chi connectivity index (χ4n) is 3.71. The quantitative estimate of drug-likeness (QED) is 0.432. The Hall–Kier alpha value is -3.93. The second kappa shape index (κ2) is 9.51. The van der Waals surface area contributed by atoms with Crippen LogP contribution in [0.15, 0.2) is 55.1 Å². The number of alkyl halides is 3. The number of aromatic nitrogens is 2. The number of ether oxygens (including phenoxy) is 1. The fraction of sp³-hybridized carbons (Fsp3) is 0.273. The highest BCUT2D eigenvalue weighted by molar-refractivity contribution is 5.95. The minimum atomic E-state index is -4.62. The standard InChI is InChI=1S/C22H20F3N5O4/c23-22(24,25)18-12-17(28-7-9-34-10-8-28)3-1-16(18)13-27-21(31)15-2-4-19(20(11-15)30(32)33)29-6-5-26-14-29/h1-6,11-12,14H,7-10,13H2,(H,27,31). The number of nitro benzene ring substituents is 1. The van der Waals surface area contributed by atoms with Crippen molar-refractivity contribution in [2.24, 2.45) is 0 Å². The predicted octanol–water partition coefficient (Wildman–Crippen LogP) is 3.57. The van der Waals surface area contributed by atoms with Crippen LogP contribution in [0.25, 0.3) is 5.69 Å². The first-order valence-corrected chi connectivity index (χ1v) is 10.3. The van der Waals surface area contributed by atoms with Gasteiger partial charge in [-0.15, -0.1) is 0 Å². The predicted molar refractivity (Wildman–Crippen MR) is 116 cm³/mol. The lowest BCUT2D eigenvalue weighted by Gasteiger charge is -2.29. The van der Waals surface area contributed by atoms with Crippen LogP contribution >= 0.6 is 0 Å². The molecule has 0 atom stereocenters. The number of carbonyl (C=O) groups is 1. The molecule has 0 saturated carbocycles. The van der Waals surface area contributed by atoms with E-state index in [1.807, 2.05) is 4.90 Å². The molecule has 2 aromatic carbocycles. The zero-order chi connectivity index (χ0) is 24.3. The van der Waals surface area contributed by atoms with Gasteiger partial charge in [0.15, 0.2) is 0 Å². The van der Waals surface area contributed by atoms with E-state index in [1.165, 1.54) is 41.5 Å². The third kappa shape index (κ3) is 5.01. The smallest absolute Gasteiger partial charge is 0.378 e. The maximum atomic E-state index is 13.7. The number of nitro groups is 1. The Balaban J connectivity index is 1.54. The highest BCUT2D eigenvalue weighted by atomic mass is 19.4. The first-order chi connectivity index (χ1) is 16.2. The van der Waals surface area contributed by atoms with E-state index in [4.69, 9.17) is 4.74 Å². The van der Waals surface area contributed by atoms with Gasteiger partial charge < -0.3 is 19.5 Å². The van der Waals surface area contributed by atoms with E-state index in [0.717, 1.165) is 12.1 Å².